The minimum Gasteiger partial charge on any atom is -0.324 e. The minimum atomic E-state index is -4.31. The van der Waals surface area contributed by atoms with Crippen molar-refractivity contribution in [3.05, 3.63) is 0 Å². The van der Waals surface area contributed by atoms with Crippen molar-refractivity contribution in [2.75, 3.05) is 19.1 Å². The summed E-state index contributed by atoms with van der Waals surface area (Å²) in [5.41, 5.74) is 0. The standard InChI is InChI=1S/C14H33NO6P2.4Na/c1-2-3-4-5-6-7-8-9-10-11-12-15(13-22(16,17)18)14-23(19,20)21;;;;/h2-14H2,1H3,(H2,16,17,18)(H2,19,20,21);;;;. The molecule has 0 aromatic carbocycles. The van der Waals surface area contributed by atoms with Crippen LogP contribution in [-0.2, 0) is 9.13 Å². The molecule has 0 spiro atoms. The monoisotopic (exact) mass is 465 g/mol. The van der Waals surface area contributed by atoms with Crippen LogP contribution in [-0.4, -0.2) is 162 Å². The van der Waals surface area contributed by atoms with Crippen molar-refractivity contribution in [1.29, 1.82) is 0 Å². The predicted octanol–water partition coefficient (Wildman–Crippen LogP) is 1.96. The molecule has 144 valence electrons. The summed E-state index contributed by atoms with van der Waals surface area (Å²) < 4.78 is 22.0. The summed E-state index contributed by atoms with van der Waals surface area (Å²) in [6.45, 7) is 2.49. The van der Waals surface area contributed by atoms with Gasteiger partial charge < -0.3 is 19.6 Å². The molecule has 0 atom stereocenters. The number of nitrogens with zero attached hydrogens (tertiary/aromatic N) is 1. The van der Waals surface area contributed by atoms with Crippen molar-refractivity contribution in [3.8, 4) is 0 Å². The van der Waals surface area contributed by atoms with Crippen LogP contribution >= 0.6 is 15.2 Å². The van der Waals surface area contributed by atoms with Crippen LogP contribution < -0.4 is 0 Å². The van der Waals surface area contributed by atoms with E-state index in [4.69, 9.17) is 19.6 Å². The summed E-state index contributed by atoms with van der Waals surface area (Å²) in [5.74, 6) is 0. The quantitative estimate of drug-likeness (QED) is 0.166. The van der Waals surface area contributed by atoms with Gasteiger partial charge in [0.05, 0.1) is 0 Å². The van der Waals surface area contributed by atoms with Gasteiger partial charge >= 0.3 is 15.2 Å². The summed E-state index contributed by atoms with van der Waals surface area (Å²) in [6.07, 6.45) is 10.2. The molecule has 0 heterocycles. The molecule has 0 saturated carbocycles. The molecule has 0 bridgehead atoms. The second-order valence-electron chi connectivity index (χ2n) is 6.19. The van der Waals surface area contributed by atoms with E-state index in [1.54, 1.807) is 0 Å². The summed E-state index contributed by atoms with van der Waals surface area (Å²) in [5, 5.41) is 0. The van der Waals surface area contributed by atoms with E-state index in [0.717, 1.165) is 19.3 Å². The van der Waals surface area contributed by atoms with Crippen LogP contribution in [0.4, 0.5) is 0 Å². The number of hydrogen-bond donors (Lipinski definition) is 4. The Morgan fingerprint density at radius 1 is 0.593 bits per heavy atom. The number of rotatable bonds is 15. The maximum absolute atomic E-state index is 11.0. The molecule has 0 aromatic rings. The van der Waals surface area contributed by atoms with Gasteiger partial charge in [-0.25, -0.2) is 0 Å². The van der Waals surface area contributed by atoms with Crippen molar-refractivity contribution in [2.45, 2.75) is 71.1 Å². The minimum absolute atomic E-state index is 0. The van der Waals surface area contributed by atoms with Crippen molar-refractivity contribution in [3.63, 3.8) is 0 Å². The molecule has 0 aliphatic rings. The van der Waals surface area contributed by atoms with Gasteiger partial charge in [0.2, 0.25) is 0 Å². The van der Waals surface area contributed by atoms with Crippen molar-refractivity contribution in [1.82, 2.24) is 4.90 Å². The Kier molecular flexibility index (Phi) is 38.3. The molecule has 0 fully saturated rings. The van der Waals surface area contributed by atoms with E-state index in [-0.39, 0.29) is 118 Å². The van der Waals surface area contributed by atoms with E-state index in [9.17, 15) is 9.13 Å². The van der Waals surface area contributed by atoms with Gasteiger partial charge in [0.15, 0.2) is 0 Å². The first-order chi connectivity index (χ1) is 10.6. The SMILES string of the molecule is CCCCCCCCCCCCN(CP(=O)(O)O)CP(=O)(O)O.[Na].[Na].[Na].[Na]. The Morgan fingerprint density at radius 2 is 0.889 bits per heavy atom. The van der Waals surface area contributed by atoms with Gasteiger partial charge in [-0.15, -0.1) is 0 Å². The second kappa shape index (κ2) is 24.9. The van der Waals surface area contributed by atoms with Crippen molar-refractivity contribution < 1.29 is 28.7 Å². The molecule has 0 aliphatic heterocycles. The fourth-order valence-corrected chi connectivity index (χ4v) is 4.21. The maximum Gasteiger partial charge on any atom is 0.339 e. The van der Waals surface area contributed by atoms with Crippen LogP contribution in [0.25, 0.3) is 0 Å². The molecular weight excluding hydrogens is 432 g/mol. The maximum atomic E-state index is 11.0. The molecule has 0 unspecified atom stereocenters. The third-order valence-electron chi connectivity index (χ3n) is 3.60. The van der Waals surface area contributed by atoms with Crippen LogP contribution in [0.1, 0.15) is 71.1 Å². The van der Waals surface area contributed by atoms with E-state index in [2.05, 4.69) is 6.92 Å². The number of unbranched alkanes of at least 4 members (excludes halogenated alkanes) is 9. The van der Waals surface area contributed by atoms with Gasteiger partial charge in [0.25, 0.3) is 0 Å². The number of hydrogen-bond acceptors (Lipinski definition) is 3. The molecule has 0 rings (SSSR count). The summed E-state index contributed by atoms with van der Waals surface area (Å²) >= 11 is 0. The van der Waals surface area contributed by atoms with E-state index >= 15 is 0 Å². The Bertz CT molecular complexity index is 374. The first-order valence-corrected chi connectivity index (χ1v) is 12.0. The van der Waals surface area contributed by atoms with Crippen LogP contribution in [0.15, 0.2) is 0 Å². The van der Waals surface area contributed by atoms with E-state index in [0.29, 0.717) is 13.0 Å². The van der Waals surface area contributed by atoms with Crippen LogP contribution in [0.5, 0.6) is 0 Å². The molecule has 27 heavy (non-hydrogen) atoms. The average molecular weight is 465 g/mol. The summed E-state index contributed by atoms with van der Waals surface area (Å²) in [7, 11) is -8.61. The zero-order valence-electron chi connectivity index (χ0n) is 18.1. The molecule has 7 nitrogen and oxygen atoms in total. The van der Waals surface area contributed by atoms with Gasteiger partial charge in [0.1, 0.15) is 12.6 Å². The fraction of sp³-hybridized carbons (Fsp3) is 1.00. The first-order valence-electron chi connectivity index (χ1n) is 8.45. The summed E-state index contributed by atoms with van der Waals surface area (Å²) in [4.78, 5) is 37.0. The fourth-order valence-electron chi connectivity index (χ4n) is 2.53. The first kappa shape index (κ1) is 41.5. The summed E-state index contributed by atoms with van der Waals surface area (Å²) in [6, 6.07) is 0. The van der Waals surface area contributed by atoms with E-state index in [1.807, 2.05) is 0 Å². The molecule has 4 N–H and O–H groups in total. The van der Waals surface area contributed by atoms with Crippen molar-refractivity contribution in [2.24, 2.45) is 0 Å². The van der Waals surface area contributed by atoms with Gasteiger partial charge in [-0.1, -0.05) is 64.7 Å². The average Bonchev–Trinajstić information content (AvgIpc) is 2.37. The Morgan fingerprint density at radius 3 is 1.19 bits per heavy atom. The Labute approximate surface area is 253 Å². The third-order valence-corrected chi connectivity index (χ3v) is 5.13. The zero-order chi connectivity index (χ0) is 17.8. The van der Waals surface area contributed by atoms with E-state index < -0.39 is 27.8 Å². The smallest absolute Gasteiger partial charge is 0.324 e. The van der Waals surface area contributed by atoms with Gasteiger partial charge in [-0.3, -0.25) is 14.0 Å². The predicted molar refractivity (Wildman–Crippen MR) is 115 cm³/mol. The largest absolute Gasteiger partial charge is 0.339 e. The van der Waals surface area contributed by atoms with Crippen LogP contribution in [0.2, 0.25) is 0 Å². The Hall–Kier alpha value is 4.26. The van der Waals surface area contributed by atoms with Crippen molar-refractivity contribution >= 4 is 133 Å². The molecule has 0 saturated heterocycles. The van der Waals surface area contributed by atoms with Crippen LogP contribution in [0, 0.1) is 0 Å². The molecule has 4 radical (unpaired) electrons. The molecule has 0 aromatic heterocycles. The van der Waals surface area contributed by atoms with Gasteiger partial charge in [0, 0.05) is 118 Å². The van der Waals surface area contributed by atoms with E-state index in [1.165, 1.54) is 43.4 Å². The normalized spacial score (nSPS) is 11.0. The molecule has 0 amide bonds. The topological polar surface area (TPSA) is 118 Å². The van der Waals surface area contributed by atoms with Crippen LogP contribution in [0.3, 0.4) is 0 Å². The molecule has 13 heteroatoms. The molecular formula is C14H33NNa4O6P2. The van der Waals surface area contributed by atoms with Gasteiger partial charge in [-0.2, -0.15) is 0 Å². The third kappa shape index (κ3) is 35.0. The zero-order valence-corrected chi connectivity index (χ0v) is 27.9. The second-order valence-corrected chi connectivity index (χ2v) is 9.41. The molecule has 0 aliphatic carbocycles. The Balaban J connectivity index is -0.000000403. The van der Waals surface area contributed by atoms with Gasteiger partial charge in [-0.05, 0) is 13.0 Å².